The second-order valence-electron chi connectivity index (χ2n) is 3.42. The summed E-state index contributed by atoms with van der Waals surface area (Å²) in [6.07, 6.45) is 2.98. The van der Waals surface area contributed by atoms with Crippen LogP contribution in [-0.2, 0) is 9.84 Å². The molecule has 0 spiro atoms. The van der Waals surface area contributed by atoms with Gasteiger partial charge in [-0.15, -0.1) is 6.58 Å². The molecule has 0 radical (unpaired) electrons. The first kappa shape index (κ1) is 12.0. The minimum atomic E-state index is -3.23. The summed E-state index contributed by atoms with van der Waals surface area (Å²) in [5.41, 5.74) is 0. The van der Waals surface area contributed by atoms with E-state index in [0.717, 1.165) is 6.42 Å². The Labute approximate surface area is 91.6 Å². The Morgan fingerprint density at radius 1 is 1.33 bits per heavy atom. The third kappa shape index (κ3) is 2.69. The molecule has 1 atom stereocenters. The summed E-state index contributed by atoms with van der Waals surface area (Å²) < 4.78 is 24.2. The highest BCUT2D eigenvalue weighted by atomic mass is 32.2. The SMILES string of the molecule is C=CC(CCC)S(=O)(=O)c1ccccc1. The van der Waals surface area contributed by atoms with E-state index in [-0.39, 0.29) is 0 Å². The predicted octanol–water partition coefficient (Wildman–Crippen LogP) is 2.82. The lowest BCUT2D eigenvalue weighted by Crippen LogP contribution is -2.18. The van der Waals surface area contributed by atoms with E-state index < -0.39 is 15.1 Å². The third-order valence-corrected chi connectivity index (χ3v) is 4.46. The van der Waals surface area contributed by atoms with Gasteiger partial charge in [-0.2, -0.15) is 0 Å². The van der Waals surface area contributed by atoms with Crippen molar-refractivity contribution in [1.82, 2.24) is 0 Å². The van der Waals surface area contributed by atoms with Gasteiger partial charge in [0.05, 0.1) is 10.1 Å². The minimum absolute atomic E-state index is 0.378. The van der Waals surface area contributed by atoms with Crippen LogP contribution in [0.3, 0.4) is 0 Å². The molecule has 1 aromatic carbocycles. The van der Waals surface area contributed by atoms with Crippen LogP contribution in [0.25, 0.3) is 0 Å². The lowest BCUT2D eigenvalue weighted by atomic mass is 10.2. The first-order valence-corrected chi connectivity index (χ1v) is 6.59. The monoisotopic (exact) mass is 224 g/mol. The second-order valence-corrected chi connectivity index (χ2v) is 5.59. The molecule has 1 unspecified atom stereocenters. The first-order valence-electron chi connectivity index (χ1n) is 5.04. The van der Waals surface area contributed by atoms with E-state index >= 15 is 0 Å². The highest BCUT2D eigenvalue weighted by molar-refractivity contribution is 7.92. The zero-order chi connectivity index (χ0) is 11.3. The third-order valence-electron chi connectivity index (χ3n) is 2.31. The zero-order valence-electron chi connectivity index (χ0n) is 8.89. The van der Waals surface area contributed by atoms with Gasteiger partial charge in [-0.3, -0.25) is 0 Å². The molecule has 0 saturated heterocycles. The van der Waals surface area contributed by atoms with E-state index in [2.05, 4.69) is 6.58 Å². The second kappa shape index (κ2) is 5.12. The van der Waals surface area contributed by atoms with E-state index in [4.69, 9.17) is 0 Å². The van der Waals surface area contributed by atoms with Gasteiger partial charge in [-0.05, 0) is 18.6 Å². The van der Waals surface area contributed by atoms with Gasteiger partial charge in [0.1, 0.15) is 0 Å². The Balaban J connectivity index is 3.06. The van der Waals surface area contributed by atoms with Gasteiger partial charge in [0, 0.05) is 0 Å². The quantitative estimate of drug-likeness (QED) is 0.721. The molecule has 0 aliphatic carbocycles. The minimum Gasteiger partial charge on any atom is -0.223 e. The molecule has 15 heavy (non-hydrogen) atoms. The number of rotatable bonds is 5. The lowest BCUT2D eigenvalue weighted by Gasteiger charge is -2.12. The van der Waals surface area contributed by atoms with Crippen molar-refractivity contribution in [3.05, 3.63) is 43.0 Å². The van der Waals surface area contributed by atoms with Crippen LogP contribution < -0.4 is 0 Å². The van der Waals surface area contributed by atoms with Gasteiger partial charge in [0.2, 0.25) is 0 Å². The molecule has 3 heteroatoms. The Morgan fingerprint density at radius 2 is 1.93 bits per heavy atom. The molecular weight excluding hydrogens is 208 g/mol. The Bertz CT molecular complexity index is 407. The van der Waals surface area contributed by atoms with Gasteiger partial charge < -0.3 is 0 Å². The molecule has 82 valence electrons. The maximum Gasteiger partial charge on any atom is 0.184 e. The van der Waals surface area contributed by atoms with Crippen molar-refractivity contribution < 1.29 is 8.42 Å². The van der Waals surface area contributed by atoms with Gasteiger partial charge in [0.15, 0.2) is 9.84 Å². The van der Waals surface area contributed by atoms with E-state index in [9.17, 15) is 8.42 Å². The van der Waals surface area contributed by atoms with Crippen LogP contribution in [0.5, 0.6) is 0 Å². The van der Waals surface area contributed by atoms with Crippen LogP contribution in [0.1, 0.15) is 19.8 Å². The standard InChI is InChI=1S/C12H16O2S/c1-3-8-11(4-2)15(13,14)12-9-6-5-7-10-12/h4-7,9-11H,2-3,8H2,1H3. The predicted molar refractivity (Wildman–Crippen MR) is 62.5 cm³/mol. The Kier molecular flexibility index (Phi) is 4.09. The molecule has 0 N–H and O–H groups in total. The summed E-state index contributed by atoms with van der Waals surface area (Å²) >= 11 is 0. The van der Waals surface area contributed by atoms with Crippen molar-refractivity contribution in [2.45, 2.75) is 29.9 Å². The molecule has 1 rings (SSSR count). The van der Waals surface area contributed by atoms with Crippen LogP contribution in [0, 0.1) is 0 Å². The van der Waals surface area contributed by atoms with Crippen molar-refractivity contribution in [3.8, 4) is 0 Å². The average Bonchev–Trinajstić information content (AvgIpc) is 2.27. The average molecular weight is 224 g/mol. The van der Waals surface area contributed by atoms with Gasteiger partial charge in [-0.1, -0.05) is 37.6 Å². The molecular formula is C12H16O2S. The van der Waals surface area contributed by atoms with Crippen LogP contribution >= 0.6 is 0 Å². The number of hydrogen-bond donors (Lipinski definition) is 0. The van der Waals surface area contributed by atoms with E-state index in [1.807, 2.05) is 13.0 Å². The summed E-state index contributed by atoms with van der Waals surface area (Å²) in [5, 5.41) is -0.468. The van der Waals surface area contributed by atoms with Crippen LogP contribution in [-0.4, -0.2) is 13.7 Å². The van der Waals surface area contributed by atoms with Crippen molar-refractivity contribution in [1.29, 1.82) is 0 Å². The van der Waals surface area contributed by atoms with Gasteiger partial charge >= 0.3 is 0 Å². The van der Waals surface area contributed by atoms with Gasteiger partial charge in [-0.25, -0.2) is 8.42 Å². The van der Waals surface area contributed by atoms with Gasteiger partial charge in [0.25, 0.3) is 0 Å². The summed E-state index contributed by atoms with van der Waals surface area (Å²) in [7, 11) is -3.23. The number of benzene rings is 1. The fourth-order valence-corrected chi connectivity index (χ4v) is 3.15. The van der Waals surface area contributed by atoms with Crippen molar-refractivity contribution >= 4 is 9.84 Å². The molecule has 0 heterocycles. The summed E-state index contributed by atoms with van der Waals surface area (Å²) in [6, 6.07) is 8.53. The summed E-state index contributed by atoms with van der Waals surface area (Å²) in [5.74, 6) is 0. The van der Waals surface area contributed by atoms with Crippen molar-refractivity contribution in [3.63, 3.8) is 0 Å². The molecule has 0 saturated carbocycles. The number of hydrogen-bond acceptors (Lipinski definition) is 2. The molecule has 0 amide bonds. The first-order chi connectivity index (χ1) is 7.12. The zero-order valence-corrected chi connectivity index (χ0v) is 9.70. The fraction of sp³-hybridized carbons (Fsp3) is 0.333. The van der Waals surface area contributed by atoms with Crippen molar-refractivity contribution in [2.75, 3.05) is 0 Å². The molecule has 0 aromatic heterocycles. The molecule has 0 aliphatic heterocycles. The topological polar surface area (TPSA) is 34.1 Å². The highest BCUT2D eigenvalue weighted by Gasteiger charge is 2.23. The molecule has 1 aromatic rings. The van der Waals surface area contributed by atoms with Crippen LogP contribution in [0.2, 0.25) is 0 Å². The molecule has 0 fully saturated rings. The molecule has 0 aliphatic rings. The lowest BCUT2D eigenvalue weighted by molar-refractivity contribution is 0.583. The fourth-order valence-electron chi connectivity index (χ4n) is 1.47. The van der Waals surface area contributed by atoms with E-state index in [0.29, 0.717) is 11.3 Å². The maximum atomic E-state index is 12.1. The van der Waals surface area contributed by atoms with Crippen LogP contribution in [0.15, 0.2) is 47.9 Å². The summed E-state index contributed by atoms with van der Waals surface area (Å²) in [4.78, 5) is 0.378. The van der Waals surface area contributed by atoms with E-state index in [1.165, 1.54) is 6.08 Å². The number of sulfone groups is 1. The highest BCUT2D eigenvalue weighted by Crippen LogP contribution is 2.19. The molecule has 2 nitrogen and oxygen atoms in total. The largest absolute Gasteiger partial charge is 0.223 e. The maximum absolute atomic E-state index is 12.1. The summed E-state index contributed by atoms with van der Waals surface area (Å²) in [6.45, 7) is 5.56. The Hall–Kier alpha value is -1.09. The van der Waals surface area contributed by atoms with E-state index in [1.54, 1.807) is 24.3 Å². The smallest absolute Gasteiger partial charge is 0.184 e. The van der Waals surface area contributed by atoms with Crippen LogP contribution in [0.4, 0.5) is 0 Å². The normalized spacial score (nSPS) is 13.4. The molecule has 0 bridgehead atoms. The van der Waals surface area contributed by atoms with Crippen molar-refractivity contribution in [2.24, 2.45) is 0 Å². The Morgan fingerprint density at radius 3 is 2.40 bits per heavy atom.